The van der Waals surface area contributed by atoms with Gasteiger partial charge in [0.1, 0.15) is 0 Å². The number of aliphatic hydroxyl groups is 1. The number of hydrogen-bond acceptors (Lipinski definition) is 3. The van der Waals surface area contributed by atoms with E-state index >= 15 is 0 Å². The second-order valence-electron chi connectivity index (χ2n) is 5.87. The van der Waals surface area contributed by atoms with Crippen LogP contribution in [0.25, 0.3) is 0 Å². The van der Waals surface area contributed by atoms with Crippen LogP contribution < -0.4 is 5.32 Å². The molecule has 0 radical (unpaired) electrons. The van der Waals surface area contributed by atoms with E-state index < -0.39 is 6.10 Å². The average Bonchev–Trinajstić information content (AvgIpc) is 2.23. The molecular formula is C14H22N2O. The number of aromatic nitrogens is 1. The third-order valence-electron chi connectivity index (χ3n) is 3.60. The molecule has 0 spiro atoms. The van der Waals surface area contributed by atoms with Gasteiger partial charge in [0.05, 0.1) is 6.10 Å². The molecule has 17 heavy (non-hydrogen) atoms. The Labute approximate surface area is 103 Å². The second-order valence-corrected chi connectivity index (χ2v) is 5.87. The fourth-order valence-electron chi connectivity index (χ4n) is 2.66. The molecular weight excluding hydrogens is 212 g/mol. The maximum Gasteiger partial charge on any atom is 0.0931 e. The third-order valence-corrected chi connectivity index (χ3v) is 3.60. The van der Waals surface area contributed by atoms with Crippen LogP contribution in [0.5, 0.6) is 0 Å². The van der Waals surface area contributed by atoms with E-state index in [2.05, 4.69) is 24.1 Å². The number of rotatable bonds is 4. The number of pyridine rings is 1. The first-order valence-electron chi connectivity index (χ1n) is 6.31. The normalized spacial score (nSPS) is 20.9. The van der Waals surface area contributed by atoms with E-state index in [1.54, 1.807) is 6.20 Å². The highest BCUT2D eigenvalue weighted by Gasteiger charge is 2.35. The highest BCUT2D eigenvalue weighted by molar-refractivity contribution is 5.21. The molecule has 1 atom stereocenters. The van der Waals surface area contributed by atoms with Crippen molar-refractivity contribution in [3.63, 3.8) is 0 Å². The minimum absolute atomic E-state index is 0.451. The van der Waals surface area contributed by atoms with Crippen molar-refractivity contribution in [2.75, 3.05) is 6.54 Å². The highest BCUT2D eigenvalue weighted by atomic mass is 16.3. The molecule has 0 bridgehead atoms. The molecule has 94 valence electrons. The predicted molar refractivity (Wildman–Crippen MR) is 68.7 cm³/mol. The SMILES string of the molecule is Cc1ncccc1[C@@H](O)CNC1CC(C)(C)C1. The fourth-order valence-corrected chi connectivity index (χ4v) is 2.66. The van der Waals surface area contributed by atoms with Gasteiger partial charge in [-0.15, -0.1) is 0 Å². The molecule has 1 aromatic rings. The van der Waals surface area contributed by atoms with Crippen LogP contribution in [0.3, 0.4) is 0 Å². The van der Waals surface area contributed by atoms with Crippen LogP contribution in [0.2, 0.25) is 0 Å². The van der Waals surface area contributed by atoms with E-state index in [9.17, 15) is 5.11 Å². The summed E-state index contributed by atoms with van der Waals surface area (Å²) >= 11 is 0. The van der Waals surface area contributed by atoms with Crippen LogP contribution >= 0.6 is 0 Å². The largest absolute Gasteiger partial charge is 0.387 e. The third kappa shape index (κ3) is 3.05. The summed E-state index contributed by atoms with van der Waals surface area (Å²) in [5, 5.41) is 13.5. The predicted octanol–water partition coefficient (Wildman–Crippen LogP) is 2.20. The van der Waals surface area contributed by atoms with Crippen LogP contribution in [0.15, 0.2) is 18.3 Å². The van der Waals surface area contributed by atoms with Crippen molar-refractivity contribution in [1.82, 2.24) is 10.3 Å². The second kappa shape index (κ2) is 4.75. The van der Waals surface area contributed by atoms with Gasteiger partial charge in [0.15, 0.2) is 0 Å². The van der Waals surface area contributed by atoms with Crippen molar-refractivity contribution in [1.29, 1.82) is 0 Å². The summed E-state index contributed by atoms with van der Waals surface area (Å²) in [4.78, 5) is 4.20. The van der Waals surface area contributed by atoms with Crippen molar-refractivity contribution in [2.45, 2.75) is 45.8 Å². The number of nitrogens with zero attached hydrogens (tertiary/aromatic N) is 1. The molecule has 0 unspecified atom stereocenters. The zero-order valence-corrected chi connectivity index (χ0v) is 10.9. The first kappa shape index (κ1) is 12.5. The number of aryl methyl sites for hydroxylation is 1. The summed E-state index contributed by atoms with van der Waals surface area (Å²) in [5.74, 6) is 0. The van der Waals surface area contributed by atoms with Gasteiger partial charge in [0.25, 0.3) is 0 Å². The van der Waals surface area contributed by atoms with E-state index in [-0.39, 0.29) is 0 Å². The molecule has 1 saturated carbocycles. The van der Waals surface area contributed by atoms with Crippen LogP contribution in [0.4, 0.5) is 0 Å². The van der Waals surface area contributed by atoms with Crippen LogP contribution in [-0.2, 0) is 0 Å². The quantitative estimate of drug-likeness (QED) is 0.839. The Morgan fingerprint density at radius 3 is 2.82 bits per heavy atom. The Hall–Kier alpha value is -0.930. The molecule has 1 fully saturated rings. The maximum absolute atomic E-state index is 10.1. The minimum Gasteiger partial charge on any atom is -0.387 e. The van der Waals surface area contributed by atoms with Crippen molar-refractivity contribution < 1.29 is 5.11 Å². The molecule has 1 aromatic heterocycles. The lowest BCUT2D eigenvalue weighted by Gasteiger charge is -2.43. The van der Waals surface area contributed by atoms with Crippen molar-refractivity contribution in [2.24, 2.45) is 5.41 Å². The summed E-state index contributed by atoms with van der Waals surface area (Å²) in [7, 11) is 0. The molecule has 3 heteroatoms. The van der Waals surface area contributed by atoms with E-state index in [4.69, 9.17) is 0 Å². The minimum atomic E-state index is -0.451. The molecule has 0 amide bonds. The molecule has 2 N–H and O–H groups in total. The van der Waals surface area contributed by atoms with Gasteiger partial charge in [0.2, 0.25) is 0 Å². The fraction of sp³-hybridized carbons (Fsp3) is 0.643. The molecule has 3 nitrogen and oxygen atoms in total. The highest BCUT2D eigenvalue weighted by Crippen LogP contribution is 2.39. The van der Waals surface area contributed by atoms with Gasteiger partial charge in [-0.1, -0.05) is 19.9 Å². The van der Waals surface area contributed by atoms with Crippen LogP contribution in [-0.4, -0.2) is 22.7 Å². The summed E-state index contributed by atoms with van der Waals surface area (Å²) in [6, 6.07) is 4.38. The molecule has 0 aromatic carbocycles. The zero-order chi connectivity index (χ0) is 12.5. The first-order valence-corrected chi connectivity index (χ1v) is 6.31. The Morgan fingerprint density at radius 1 is 1.53 bits per heavy atom. The molecule has 0 saturated heterocycles. The summed E-state index contributed by atoms with van der Waals surface area (Å²) in [6.45, 7) is 7.12. The van der Waals surface area contributed by atoms with E-state index in [1.807, 2.05) is 19.1 Å². The van der Waals surface area contributed by atoms with Crippen molar-refractivity contribution in [3.05, 3.63) is 29.6 Å². The van der Waals surface area contributed by atoms with E-state index in [1.165, 1.54) is 12.8 Å². The van der Waals surface area contributed by atoms with Gasteiger partial charge in [0, 0.05) is 30.0 Å². The molecule has 1 heterocycles. The van der Waals surface area contributed by atoms with Crippen LogP contribution in [0, 0.1) is 12.3 Å². The summed E-state index contributed by atoms with van der Waals surface area (Å²) in [5.41, 5.74) is 2.32. The van der Waals surface area contributed by atoms with Gasteiger partial charge in [-0.25, -0.2) is 0 Å². The lowest BCUT2D eigenvalue weighted by molar-refractivity contribution is 0.102. The molecule has 2 rings (SSSR count). The van der Waals surface area contributed by atoms with Gasteiger partial charge in [-0.3, -0.25) is 4.98 Å². The summed E-state index contributed by atoms with van der Waals surface area (Å²) in [6.07, 6.45) is 3.71. The van der Waals surface area contributed by atoms with E-state index in [0.717, 1.165) is 11.3 Å². The standard InChI is InChI=1S/C14H22N2O/c1-10-12(5-4-6-15-10)13(17)9-16-11-7-14(2,3)8-11/h4-6,11,13,16-17H,7-9H2,1-3H3/t13-/m0/s1. The first-order chi connectivity index (χ1) is 7.98. The Kier molecular flexibility index (Phi) is 3.50. The lowest BCUT2D eigenvalue weighted by Crippen LogP contribution is -2.47. The molecule has 0 aliphatic heterocycles. The lowest BCUT2D eigenvalue weighted by atomic mass is 9.68. The summed E-state index contributed by atoms with van der Waals surface area (Å²) < 4.78 is 0. The number of hydrogen-bond donors (Lipinski definition) is 2. The maximum atomic E-state index is 10.1. The van der Waals surface area contributed by atoms with Gasteiger partial charge in [-0.2, -0.15) is 0 Å². The monoisotopic (exact) mass is 234 g/mol. The van der Waals surface area contributed by atoms with Gasteiger partial charge in [-0.05, 0) is 31.2 Å². The van der Waals surface area contributed by atoms with Crippen LogP contribution in [0.1, 0.15) is 44.1 Å². The number of aliphatic hydroxyl groups excluding tert-OH is 1. The van der Waals surface area contributed by atoms with E-state index in [0.29, 0.717) is 18.0 Å². The molecule has 1 aliphatic carbocycles. The molecule has 1 aliphatic rings. The Morgan fingerprint density at radius 2 is 2.24 bits per heavy atom. The number of nitrogens with one attached hydrogen (secondary N) is 1. The Balaban J connectivity index is 1.82. The Bertz CT molecular complexity index is 382. The van der Waals surface area contributed by atoms with Crippen molar-refractivity contribution in [3.8, 4) is 0 Å². The average molecular weight is 234 g/mol. The van der Waals surface area contributed by atoms with Gasteiger partial charge < -0.3 is 10.4 Å². The smallest absolute Gasteiger partial charge is 0.0931 e. The van der Waals surface area contributed by atoms with Crippen molar-refractivity contribution >= 4 is 0 Å². The van der Waals surface area contributed by atoms with Gasteiger partial charge >= 0.3 is 0 Å². The topological polar surface area (TPSA) is 45.2 Å². The zero-order valence-electron chi connectivity index (χ0n) is 10.9.